The Morgan fingerprint density at radius 2 is 1.61 bits per heavy atom. The summed E-state index contributed by atoms with van der Waals surface area (Å²) in [7, 11) is 0. The van der Waals surface area contributed by atoms with E-state index in [1.54, 1.807) is 6.92 Å². The number of ether oxygens (including phenoxy) is 2. The third-order valence-electron chi connectivity index (χ3n) is 16.7. The van der Waals surface area contributed by atoms with E-state index in [0.29, 0.717) is 45.1 Å². The number of ketones is 1. The Morgan fingerprint density at radius 3 is 2.28 bits per heavy atom. The molecule has 0 spiro atoms. The predicted octanol–water partition coefficient (Wildman–Crippen LogP) is 7.42. The first-order chi connectivity index (χ1) is 25.3. The lowest BCUT2D eigenvalue weighted by molar-refractivity contribution is -0.224. The van der Waals surface area contributed by atoms with E-state index in [4.69, 9.17) is 18.3 Å². The van der Waals surface area contributed by atoms with Crippen molar-refractivity contribution in [3.05, 3.63) is 33.8 Å². The number of carboxylic acid groups (broad SMARTS) is 1. The van der Waals surface area contributed by atoms with E-state index in [0.717, 1.165) is 50.8 Å². The highest BCUT2D eigenvalue weighted by Crippen LogP contribution is 2.75. The lowest BCUT2D eigenvalue weighted by Crippen LogP contribution is -2.68. The van der Waals surface area contributed by atoms with Crippen LogP contribution in [0.4, 0.5) is 0 Å². The molecule has 4 saturated carbocycles. The van der Waals surface area contributed by atoms with Gasteiger partial charge in [-0.15, -0.1) is 0 Å². The van der Waals surface area contributed by atoms with Crippen LogP contribution in [0.3, 0.4) is 0 Å². The molecule has 5 fully saturated rings. The van der Waals surface area contributed by atoms with Crippen LogP contribution >= 0.6 is 0 Å². The number of aliphatic carboxylic acids is 1. The van der Waals surface area contributed by atoms with E-state index in [1.807, 2.05) is 19.9 Å². The molecule has 1 aromatic rings. The normalized spacial score (nSPS) is 42.1. The van der Waals surface area contributed by atoms with Crippen LogP contribution in [-0.2, 0) is 35.3 Å². The molecule has 2 heterocycles. The van der Waals surface area contributed by atoms with E-state index in [-0.39, 0.29) is 59.0 Å². The topological polar surface area (TPSA) is 154 Å². The maximum atomic E-state index is 14.9. The van der Waals surface area contributed by atoms with Crippen LogP contribution in [0.5, 0.6) is 0 Å². The monoisotopic (exact) mass is 751 g/mol. The second-order valence-corrected chi connectivity index (χ2v) is 19.5. The van der Waals surface area contributed by atoms with Gasteiger partial charge in [0.2, 0.25) is 0 Å². The van der Waals surface area contributed by atoms with Crippen molar-refractivity contribution < 1.29 is 42.6 Å². The first kappa shape index (κ1) is 39.0. The molecule has 298 valence electrons. The number of hydrogen-bond acceptors (Lipinski definition) is 10. The number of fused-ring (bicyclic) bond motifs is 7. The summed E-state index contributed by atoms with van der Waals surface area (Å²) in [5, 5.41) is 10.3. The van der Waals surface area contributed by atoms with Crippen LogP contribution in [0.15, 0.2) is 25.3 Å². The van der Waals surface area contributed by atoms with Gasteiger partial charge in [0, 0.05) is 12.5 Å². The van der Waals surface area contributed by atoms with E-state index in [9.17, 15) is 29.1 Å². The van der Waals surface area contributed by atoms with Crippen molar-refractivity contribution in [1.82, 2.24) is 4.90 Å². The van der Waals surface area contributed by atoms with E-state index in [1.165, 1.54) is 6.42 Å². The highest BCUT2D eigenvalue weighted by Gasteiger charge is 2.72. The van der Waals surface area contributed by atoms with Crippen molar-refractivity contribution >= 4 is 23.7 Å². The molecule has 11 heteroatoms. The van der Waals surface area contributed by atoms with Crippen molar-refractivity contribution in [3.8, 4) is 0 Å². The molecule has 0 unspecified atom stereocenters. The summed E-state index contributed by atoms with van der Waals surface area (Å²) in [6.07, 6.45) is 11.0. The number of hydrogen-bond donors (Lipinski definition) is 1. The molecule has 0 amide bonds. The first-order valence-corrected chi connectivity index (χ1v) is 20.5. The summed E-state index contributed by atoms with van der Waals surface area (Å²) >= 11 is 0. The molecular formula is C43H61NO10. The average Bonchev–Trinajstić information content (AvgIpc) is 3.45. The third-order valence-corrected chi connectivity index (χ3v) is 16.7. The summed E-state index contributed by atoms with van der Waals surface area (Å²) in [5.74, 6) is -2.84. The summed E-state index contributed by atoms with van der Waals surface area (Å²) in [6, 6.07) is 0. The molecule has 54 heavy (non-hydrogen) atoms. The Kier molecular flexibility index (Phi) is 9.74. The quantitative estimate of drug-likeness (QED) is 0.264. The lowest BCUT2D eigenvalue weighted by Gasteiger charge is -2.70. The number of nitrogens with zero attached hydrogens (tertiary/aromatic N) is 1. The first-order valence-electron chi connectivity index (χ1n) is 20.5. The molecule has 7 rings (SSSR count). The molecule has 10 atom stereocenters. The minimum absolute atomic E-state index is 0.00473. The van der Waals surface area contributed by atoms with Gasteiger partial charge in [-0.1, -0.05) is 39.7 Å². The number of aryl methyl sites for hydroxylation is 1. The van der Waals surface area contributed by atoms with Crippen molar-refractivity contribution in [3.63, 3.8) is 0 Å². The fourth-order valence-corrected chi connectivity index (χ4v) is 12.9. The van der Waals surface area contributed by atoms with Gasteiger partial charge in [-0.3, -0.25) is 19.2 Å². The van der Waals surface area contributed by atoms with Gasteiger partial charge in [-0.05, 0) is 144 Å². The number of carbonyl (C=O) groups excluding carboxylic acids is 3. The number of esters is 2. The van der Waals surface area contributed by atoms with Gasteiger partial charge in [0.15, 0.2) is 23.9 Å². The van der Waals surface area contributed by atoms with Crippen molar-refractivity contribution in [2.75, 3.05) is 19.6 Å². The minimum Gasteiger partial charge on any atom is -0.481 e. The molecule has 1 N–H and O–H groups in total. The SMILES string of the molecule is Cc1oc(=O)oc1COC(=O)[C@]1(C)[C@@H](OC(=O)CCN2CCCCC2)CC[C@@]2(C)[C@H]1CC[C@]1(C)[C@@H]2C(=O)C=C2[C@@H]3C[C@@](C)(C(=O)O)CC[C@]3(C)CC[C@]21C. The summed E-state index contributed by atoms with van der Waals surface area (Å²) in [5.41, 5.74) is -2.43. The second kappa shape index (κ2) is 13.5. The zero-order chi connectivity index (χ0) is 39.1. The zero-order valence-corrected chi connectivity index (χ0v) is 33.5. The van der Waals surface area contributed by atoms with E-state index >= 15 is 0 Å². The Bertz CT molecular complexity index is 1790. The van der Waals surface area contributed by atoms with Crippen LogP contribution in [0.25, 0.3) is 0 Å². The van der Waals surface area contributed by atoms with E-state index in [2.05, 4.69) is 32.6 Å². The molecule has 0 aromatic carbocycles. The van der Waals surface area contributed by atoms with Crippen LogP contribution in [0, 0.1) is 57.2 Å². The van der Waals surface area contributed by atoms with Crippen molar-refractivity contribution in [2.24, 2.45) is 50.2 Å². The van der Waals surface area contributed by atoms with Gasteiger partial charge in [-0.2, -0.15) is 0 Å². The minimum atomic E-state index is -1.28. The molecule has 11 nitrogen and oxygen atoms in total. The Hall–Kier alpha value is -3.21. The average molecular weight is 752 g/mol. The number of piperidine rings is 1. The number of carbonyl (C=O) groups is 4. The molecule has 6 aliphatic rings. The van der Waals surface area contributed by atoms with Gasteiger partial charge in [0.1, 0.15) is 11.5 Å². The third kappa shape index (κ3) is 5.96. The molecule has 1 aliphatic heterocycles. The maximum Gasteiger partial charge on any atom is 0.519 e. The number of likely N-dealkylation sites (tertiary alicyclic amines) is 1. The van der Waals surface area contributed by atoms with Gasteiger partial charge in [0.05, 0.1) is 11.8 Å². The fourth-order valence-electron chi connectivity index (χ4n) is 12.9. The molecule has 0 bridgehead atoms. The van der Waals surface area contributed by atoms with Crippen LogP contribution in [-0.4, -0.2) is 59.4 Å². The highest BCUT2D eigenvalue weighted by atomic mass is 16.6. The maximum absolute atomic E-state index is 14.9. The van der Waals surface area contributed by atoms with Gasteiger partial charge >= 0.3 is 23.7 Å². The predicted molar refractivity (Wildman–Crippen MR) is 198 cm³/mol. The van der Waals surface area contributed by atoms with Gasteiger partial charge < -0.3 is 28.3 Å². The van der Waals surface area contributed by atoms with Crippen molar-refractivity contribution in [2.45, 2.75) is 145 Å². The van der Waals surface area contributed by atoms with Crippen LogP contribution in [0.2, 0.25) is 0 Å². The smallest absolute Gasteiger partial charge is 0.481 e. The summed E-state index contributed by atoms with van der Waals surface area (Å²) in [4.78, 5) is 69.7. The zero-order valence-electron chi connectivity index (χ0n) is 33.5. The fraction of sp³-hybridized carbons (Fsp3) is 0.791. The summed E-state index contributed by atoms with van der Waals surface area (Å²) in [6.45, 7) is 16.6. The lowest BCUT2D eigenvalue weighted by atomic mass is 9.33. The standard InChI is InChI=1S/C43H61NO10/c1-26-30(53-37(50)52-26)25-51-36(49)43(7)31-11-15-42(6)34(40(31,4)14-12-32(43)54-33(46)13-22-44-20-9-8-10-21-44)29(45)23-27-28-24-39(3,35(47)48)17-16-38(28,2)18-19-41(27,42)5/h23,28,31-32,34H,8-22,24-25H2,1-7H3,(H,47,48)/t28-,31+,32-,34+,38+,39-,40-,41+,42+,43-/m0/s1. The summed E-state index contributed by atoms with van der Waals surface area (Å²) < 4.78 is 22.4. The van der Waals surface area contributed by atoms with Crippen molar-refractivity contribution in [1.29, 1.82) is 0 Å². The molecule has 1 saturated heterocycles. The van der Waals surface area contributed by atoms with E-state index < -0.39 is 51.4 Å². The highest BCUT2D eigenvalue weighted by molar-refractivity contribution is 5.96. The van der Waals surface area contributed by atoms with Crippen LogP contribution < -0.4 is 5.82 Å². The molecule has 0 radical (unpaired) electrons. The Balaban J connectivity index is 1.22. The van der Waals surface area contributed by atoms with Gasteiger partial charge in [-0.25, -0.2) is 4.79 Å². The Morgan fingerprint density at radius 1 is 0.907 bits per heavy atom. The molecular weight excluding hydrogens is 690 g/mol. The second-order valence-electron chi connectivity index (χ2n) is 19.5. The largest absolute Gasteiger partial charge is 0.519 e. The number of carboxylic acids is 1. The number of allylic oxidation sites excluding steroid dienone is 2. The molecule has 5 aliphatic carbocycles. The molecule has 1 aromatic heterocycles. The van der Waals surface area contributed by atoms with Gasteiger partial charge in [0.25, 0.3) is 0 Å². The Labute approximate surface area is 318 Å². The number of rotatable bonds is 8. The van der Waals surface area contributed by atoms with Crippen LogP contribution in [0.1, 0.15) is 137 Å².